The average Bonchev–Trinajstić information content (AvgIpc) is 2.45. The number of hydrogen-bond donors (Lipinski definition) is 2. The van der Waals surface area contributed by atoms with Crippen LogP contribution in [0, 0.1) is 0 Å². The molecule has 0 saturated carbocycles. The third-order valence-corrected chi connectivity index (χ3v) is 2.67. The largest absolute Gasteiger partial charge is 0.462 e. The molecule has 0 aliphatic heterocycles. The van der Waals surface area contributed by atoms with Gasteiger partial charge in [0.2, 0.25) is 5.91 Å². The van der Waals surface area contributed by atoms with Crippen molar-refractivity contribution in [1.29, 1.82) is 0 Å². The van der Waals surface area contributed by atoms with Crippen LogP contribution < -0.4 is 10.6 Å². The summed E-state index contributed by atoms with van der Waals surface area (Å²) in [4.78, 5) is 23.1. The van der Waals surface area contributed by atoms with Crippen LogP contribution in [0.1, 0.15) is 37.0 Å². The van der Waals surface area contributed by atoms with Crippen molar-refractivity contribution in [2.24, 2.45) is 0 Å². The van der Waals surface area contributed by atoms with Crippen molar-refractivity contribution in [2.75, 3.05) is 25.0 Å². The number of rotatable bonds is 8. The molecule has 1 rings (SSSR count). The van der Waals surface area contributed by atoms with Crippen molar-refractivity contribution in [3.05, 3.63) is 29.8 Å². The van der Waals surface area contributed by atoms with Gasteiger partial charge < -0.3 is 15.4 Å². The van der Waals surface area contributed by atoms with E-state index in [1.807, 2.05) is 0 Å². The summed E-state index contributed by atoms with van der Waals surface area (Å²) in [6.07, 6.45) is 2.16. The predicted octanol–water partition coefficient (Wildman–Crippen LogP) is 2.19. The van der Waals surface area contributed by atoms with Gasteiger partial charge >= 0.3 is 5.97 Å². The van der Waals surface area contributed by atoms with Gasteiger partial charge in [0.15, 0.2) is 0 Å². The molecule has 20 heavy (non-hydrogen) atoms. The van der Waals surface area contributed by atoms with Gasteiger partial charge in [-0.15, -0.1) is 0 Å². The fraction of sp³-hybridized carbons (Fsp3) is 0.467. The Kier molecular flexibility index (Phi) is 7.35. The summed E-state index contributed by atoms with van der Waals surface area (Å²) in [6, 6.07) is 6.66. The van der Waals surface area contributed by atoms with Gasteiger partial charge in [0.05, 0.1) is 18.7 Å². The minimum Gasteiger partial charge on any atom is -0.462 e. The summed E-state index contributed by atoms with van der Waals surface area (Å²) in [5, 5.41) is 5.83. The van der Waals surface area contributed by atoms with Crippen molar-refractivity contribution < 1.29 is 14.3 Å². The second-order valence-corrected chi connectivity index (χ2v) is 4.38. The van der Waals surface area contributed by atoms with Crippen molar-refractivity contribution >= 4 is 17.6 Å². The number of carbonyl (C=O) groups is 2. The maximum atomic E-state index is 11.6. The first-order valence-corrected chi connectivity index (χ1v) is 6.95. The van der Waals surface area contributed by atoms with Crippen LogP contribution in [0.4, 0.5) is 5.69 Å². The van der Waals surface area contributed by atoms with Crippen LogP contribution in [0.3, 0.4) is 0 Å². The molecule has 0 heterocycles. The molecule has 5 heteroatoms. The molecular weight excluding hydrogens is 256 g/mol. The van der Waals surface area contributed by atoms with Crippen LogP contribution in [0.5, 0.6) is 0 Å². The van der Waals surface area contributed by atoms with Crippen LogP contribution in [-0.2, 0) is 9.53 Å². The highest BCUT2D eigenvalue weighted by Crippen LogP contribution is 2.10. The smallest absolute Gasteiger partial charge is 0.338 e. The van der Waals surface area contributed by atoms with E-state index in [9.17, 15) is 9.59 Å². The number of amides is 1. The van der Waals surface area contributed by atoms with Crippen LogP contribution in [-0.4, -0.2) is 31.6 Å². The van der Waals surface area contributed by atoms with E-state index in [1.54, 1.807) is 31.2 Å². The van der Waals surface area contributed by atoms with Gasteiger partial charge in [0.1, 0.15) is 0 Å². The highest BCUT2D eigenvalue weighted by molar-refractivity contribution is 5.93. The molecule has 0 bridgehead atoms. The third-order valence-electron chi connectivity index (χ3n) is 2.67. The predicted molar refractivity (Wildman–Crippen MR) is 78.8 cm³/mol. The van der Waals surface area contributed by atoms with Gasteiger partial charge in [0, 0.05) is 5.69 Å². The molecule has 0 fully saturated rings. The Hall–Kier alpha value is -1.88. The van der Waals surface area contributed by atoms with Gasteiger partial charge in [-0.05, 0) is 44.2 Å². The molecule has 110 valence electrons. The molecule has 0 radical (unpaired) electrons. The number of anilines is 1. The van der Waals surface area contributed by atoms with E-state index in [0.29, 0.717) is 24.4 Å². The summed E-state index contributed by atoms with van der Waals surface area (Å²) >= 11 is 0. The van der Waals surface area contributed by atoms with E-state index in [-0.39, 0.29) is 11.9 Å². The molecule has 1 aromatic carbocycles. The second kappa shape index (κ2) is 9.09. The van der Waals surface area contributed by atoms with Crippen LogP contribution in [0.15, 0.2) is 24.3 Å². The zero-order valence-corrected chi connectivity index (χ0v) is 12.1. The Morgan fingerprint density at radius 3 is 2.45 bits per heavy atom. The average molecular weight is 278 g/mol. The first-order valence-electron chi connectivity index (χ1n) is 6.95. The van der Waals surface area contributed by atoms with E-state index in [4.69, 9.17) is 4.74 Å². The molecule has 1 amide bonds. The lowest BCUT2D eigenvalue weighted by Crippen LogP contribution is -2.28. The highest BCUT2D eigenvalue weighted by atomic mass is 16.5. The molecule has 0 aromatic heterocycles. The molecule has 0 spiro atoms. The summed E-state index contributed by atoms with van der Waals surface area (Å²) < 4.78 is 4.89. The van der Waals surface area contributed by atoms with E-state index in [0.717, 1.165) is 19.4 Å². The number of ether oxygens (including phenoxy) is 1. The first-order chi connectivity index (χ1) is 9.67. The lowest BCUT2D eigenvalue weighted by molar-refractivity contribution is -0.115. The molecule has 0 unspecified atom stereocenters. The quantitative estimate of drug-likeness (QED) is 0.565. The summed E-state index contributed by atoms with van der Waals surface area (Å²) in [5.41, 5.74) is 1.14. The minimum atomic E-state index is -0.355. The first kappa shape index (κ1) is 16.2. The number of nitrogens with one attached hydrogen (secondary N) is 2. The van der Waals surface area contributed by atoms with Crippen LogP contribution in [0.25, 0.3) is 0 Å². The number of carbonyl (C=O) groups excluding carboxylic acids is 2. The molecule has 5 nitrogen and oxygen atoms in total. The molecular formula is C15H22N2O3. The number of esters is 1. The minimum absolute atomic E-state index is 0.0926. The van der Waals surface area contributed by atoms with E-state index in [1.165, 1.54) is 0 Å². The number of benzene rings is 1. The zero-order chi connectivity index (χ0) is 14.8. The Bertz CT molecular complexity index is 429. The molecule has 1 aromatic rings. The van der Waals surface area contributed by atoms with Gasteiger partial charge in [0.25, 0.3) is 0 Å². The van der Waals surface area contributed by atoms with E-state index < -0.39 is 0 Å². The van der Waals surface area contributed by atoms with E-state index >= 15 is 0 Å². The van der Waals surface area contributed by atoms with Crippen molar-refractivity contribution in [2.45, 2.75) is 26.7 Å². The van der Waals surface area contributed by atoms with Crippen molar-refractivity contribution in [3.63, 3.8) is 0 Å². The Morgan fingerprint density at radius 1 is 1.15 bits per heavy atom. The van der Waals surface area contributed by atoms with Crippen LogP contribution >= 0.6 is 0 Å². The normalized spacial score (nSPS) is 10.1. The maximum absolute atomic E-state index is 11.6. The molecule has 2 N–H and O–H groups in total. The molecule has 0 aliphatic carbocycles. The van der Waals surface area contributed by atoms with Gasteiger partial charge in [-0.3, -0.25) is 4.79 Å². The zero-order valence-electron chi connectivity index (χ0n) is 12.1. The fourth-order valence-electron chi connectivity index (χ4n) is 1.61. The lowest BCUT2D eigenvalue weighted by Gasteiger charge is -2.07. The van der Waals surface area contributed by atoms with E-state index in [2.05, 4.69) is 17.6 Å². The summed E-state index contributed by atoms with van der Waals surface area (Å²) in [6.45, 7) is 5.34. The molecule has 0 aliphatic rings. The Balaban J connectivity index is 2.41. The Labute approximate surface area is 119 Å². The highest BCUT2D eigenvalue weighted by Gasteiger charge is 2.06. The second-order valence-electron chi connectivity index (χ2n) is 4.38. The van der Waals surface area contributed by atoms with Crippen LogP contribution in [0.2, 0.25) is 0 Å². The maximum Gasteiger partial charge on any atom is 0.338 e. The third kappa shape index (κ3) is 5.84. The standard InChI is InChI=1S/C15H22N2O3/c1-3-5-10-16-11-14(18)17-13-8-6-12(7-9-13)15(19)20-4-2/h6-9,16H,3-5,10-11H2,1-2H3,(H,17,18). The fourth-order valence-corrected chi connectivity index (χ4v) is 1.61. The number of unbranched alkanes of at least 4 members (excludes halogenated alkanes) is 1. The SMILES string of the molecule is CCCCNCC(=O)Nc1ccc(C(=O)OCC)cc1. The monoisotopic (exact) mass is 278 g/mol. The van der Waals surface area contributed by atoms with Crippen molar-refractivity contribution in [1.82, 2.24) is 5.32 Å². The Morgan fingerprint density at radius 2 is 1.85 bits per heavy atom. The number of hydrogen-bond acceptors (Lipinski definition) is 4. The summed E-state index contributed by atoms with van der Waals surface area (Å²) in [7, 11) is 0. The van der Waals surface area contributed by atoms with Gasteiger partial charge in [-0.25, -0.2) is 4.79 Å². The van der Waals surface area contributed by atoms with Crippen molar-refractivity contribution in [3.8, 4) is 0 Å². The summed E-state index contributed by atoms with van der Waals surface area (Å²) in [5.74, 6) is -0.448. The lowest BCUT2D eigenvalue weighted by atomic mass is 10.2. The van der Waals surface area contributed by atoms with Gasteiger partial charge in [-0.2, -0.15) is 0 Å². The molecule has 0 saturated heterocycles. The topological polar surface area (TPSA) is 67.4 Å². The molecule has 0 atom stereocenters. The van der Waals surface area contributed by atoms with Gasteiger partial charge in [-0.1, -0.05) is 13.3 Å².